The highest BCUT2D eigenvalue weighted by Crippen LogP contribution is 2.39. The second-order valence-electron chi connectivity index (χ2n) is 12.1. The minimum Gasteiger partial charge on any atom is -0.389 e. The topological polar surface area (TPSA) is 118 Å². The van der Waals surface area contributed by atoms with Gasteiger partial charge in [-0.15, -0.1) is 0 Å². The third kappa shape index (κ3) is 6.73. The zero-order valence-corrected chi connectivity index (χ0v) is 25.4. The van der Waals surface area contributed by atoms with Crippen molar-refractivity contribution in [2.75, 3.05) is 0 Å². The predicted molar refractivity (Wildman–Crippen MR) is 177 cm³/mol. The molecule has 1 saturated carbocycles. The lowest BCUT2D eigenvalue weighted by molar-refractivity contribution is -0.100. The fourth-order valence-corrected chi connectivity index (χ4v) is 6.42. The molecule has 46 heavy (non-hydrogen) atoms. The van der Waals surface area contributed by atoms with E-state index in [0.29, 0.717) is 32.1 Å². The predicted octanol–water partition coefficient (Wildman–Crippen LogP) is 6.55. The average molecular weight is 607 g/mol. The van der Waals surface area contributed by atoms with Gasteiger partial charge in [0.25, 0.3) is 0 Å². The lowest BCUT2D eigenvalue weighted by Gasteiger charge is -2.42. The van der Waals surface area contributed by atoms with Crippen LogP contribution in [0.5, 0.6) is 0 Å². The van der Waals surface area contributed by atoms with Crippen molar-refractivity contribution < 1.29 is 10.2 Å². The fourth-order valence-electron chi connectivity index (χ4n) is 6.42. The molecular weight excluding hydrogens is 572 g/mol. The minimum absolute atomic E-state index is 0.235. The lowest BCUT2D eigenvalue weighted by Crippen LogP contribution is -2.48. The van der Waals surface area contributed by atoms with Gasteiger partial charge in [0.15, 0.2) is 0 Å². The Labute approximate surface area is 268 Å². The van der Waals surface area contributed by atoms with Gasteiger partial charge in [-0.1, -0.05) is 36.4 Å². The Balaban J connectivity index is 1.07. The van der Waals surface area contributed by atoms with Crippen molar-refractivity contribution in [3.8, 4) is 45.6 Å². The first-order chi connectivity index (χ1) is 22.4. The Hall–Kier alpha value is -5.18. The number of nitrogens with zero attached hydrogens (tertiary/aromatic N) is 6. The first-order valence-corrected chi connectivity index (χ1v) is 15.6. The summed E-state index contributed by atoms with van der Waals surface area (Å²) in [4.78, 5) is 28.2. The Morgan fingerprint density at radius 2 is 0.804 bits per heavy atom. The molecule has 1 aliphatic carbocycles. The van der Waals surface area contributed by atoms with E-state index in [-0.39, 0.29) is 6.42 Å². The van der Waals surface area contributed by atoms with E-state index >= 15 is 0 Å². The van der Waals surface area contributed by atoms with Gasteiger partial charge in [0.05, 0.1) is 56.8 Å². The van der Waals surface area contributed by atoms with E-state index < -0.39 is 11.2 Å². The first-order valence-electron chi connectivity index (χ1n) is 15.6. The maximum Gasteiger partial charge on any atom is 0.0894 e. The van der Waals surface area contributed by atoms with Crippen LogP contribution in [0.2, 0.25) is 0 Å². The van der Waals surface area contributed by atoms with Gasteiger partial charge >= 0.3 is 0 Å². The fraction of sp³-hybridized carbons (Fsp3) is 0.211. The summed E-state index contributed by atoms with van der Waals surface area (Å²) in [5, 5.41) is 23.6. The summed E-state index contributed by atoms with van der Waals surface area (Å²) in [6, 6.07) is 34.7. The number of aliphatic hydroxyl groups is 2. The van der Waals surface area contributed by atoms with Crippen molar-refractivity contribution in [1.29, 1.82) is 0 Å². The summed E-state index contributed by atoms with van der Waals surface area (Å²) < 4.78 is 0. The smallest absolute Gasteiger partial charge is 0.0894 e. The molecule has 0 aromatic carbocycles. The molecule has 2 atom stereocenters. The first kappa shape index (κ1) is 29.5. The molecule has 0 aliphatic heterocycles. The third-order valence-electron chi connectivity index (χ3n) is 8.45. The maximum absolute atomic E-state index is 11.8. The van der Waals surface area contributed by atoms with E-state index in [1.807, 2.05) is 109 Å². The molecule has 7 rings (SSSR count). The van der Waals surface area contributed by atoms with Gasteiger partial charge < -0.3 is 10.2 Å². The van der Waals surface area contributed by atoms with Gasteiger partial charge in [-0.2, -0.15) is 0 Å². The Morgan fingerprint density at radius 1 is 0.435 bits per heavy atom. The summed E-state index contributed by atoms with van der Waals surface area (Å²) in [6.07, 6.45) is 6.29. The molecule has 8 nitrogen and oxygen atoms in total. The van der Waals surface area contributed by atoms with Crippen LogP contribution >= 0.6 is 0 Å². The molecule has 2 unspecified atom stereocenters. The van der Waals surface area contributed by atoms with Crippen molar-refractivity contribution in [2.45, 2.75) is 49.7 Å². The number of hydrogen-bond acceptors (Lipinski definition) is 8. The van der Waals surface area contributed by atoms with Gasteiger partial charge in [0.2, 0.25) is 0 Å². The standard InChI is InChI=1S/C38H34N6O2/c45-37(24-27-10-5-14-33(41-27)35-18-7-16-31(43-35)29-12-1-3-22-39-29)20-9-21-38(46,26-37)25-28-11-6-15-34(42-28)36-19-8-17-32(44-36)30-13-2-4-23-40-30/h1-8,10-19,22-23,45-46H,9,20-21,24-26H2. The monoisotopic (exact) mass is 606 g/mol. The molecule has 8 heteroatoms. The highest BCUT2D eigenvalue weighted by Gasteiger charge is 2.43. The molecule has 6 aromatic heterocycles. The Bertz CT molecular complexity index is 1810. The summed E-state index contributed by atoms with van der Waals surface area (Å²) in [7, 11) is 0. The van der Waals surface area contributed by atoms with Crippen LogP contribution < -0.4 is 0 Å². The third-order valence-corrected chi connectivity index (χ3v) is 8.45. The second kappa shape index (κ2) is 12.7. The van der Waals surface area contributed by atoms with Gasteiger partial charge in [-0.05, 0) is 92.1 Å². The van der Waals surface area contributed by atoms with Crippen LogP contribution in [0.15, 0.2) is 122 Å². The van der Waals surface area contributed by atoms with Crippen molar-refractivity contribution in [3.63, 3.8) is 0 Å². The quantitative estimate of drug-likeness (QED) is 0.200. The van der Waals surface area contributed by atoms with Crippen molar-refractivity contribution in [3.05, 3.63) is 133 Å². The second-order valence-corrected chi connectivity index (χ2v) is 12.1. The normalized spacial score (nSPS) is 19.5. The molecular formula is C38H34N6O2. The van der Waals surface area contributed by atoms with Crippen molar-refractivity contribution in [1.82, 2.24) is 29.9 Å². The van der Waals surface area contributed by atoms with Crippen molar-refractivity contribution in [2.24, 2.45) is 0 Å². The zero-order valence-electron chi connectivity index (χ0n) is 25.4. The van der Waals surface area contributed by atoms with E-state index in [1.54, 1.807) is 12.4 Å². The molecule has 2 N–H and O–H groups in total. The van der Waals surface area contributed by atoms with Gasteiger partial charge in [0.1, 0.15) is 0 Å². The summed E-state index contributed by atoms with van der Waals surface area (Å²) >= 11 is 0. The van der Waals surface area contributed by atoms with Gasteiger partial charge in [-0.3, -0.25) is 19.9 Å². The largest absolute Gasteiger partial charge is 0.389 e. The number of hydrogen-bond donors (Lipinski definition) is 2. The number of rotatable bonds is 8. The molecule has 228 valence electrons. The lowest BCUT2D eigenvalue weighted by atomic mass is 9.71. The highest BCUT2D eigenvalue weighted by molar-refractivity contribution is 5.62. The van der Waals surface area contributed by atoms with Crippen LogP contribution in [0, 0.1) is 0 Å². The van der Waals surface area contributed by atoms with E-state index in [4.69, 9.17) is 19.9 Å². The van der Waals surface area contributed by atoms with Crippen LogP contribution in [-0.2, 0) is 12.8 Å². The molecule has 6 heterocycles. The summed E-state index contributed by atoms with van der Waals surface area (Å²) in [5.41, 5.74) is 5.39. The Kier molecular flexibility index (Phi) is 8.13. The number of pyridine rings is 6. The van der Waals surface area contributed by atoms with Crippen LogP contribution in [0.25, 0.3) is 45.6 Å². The molecule has 0 bridgehead atoms. The van der Waals surface area contributed by atoms with E-state index in [9.17, 15) is 10.2 Å². The highest BCUT2D eigenvalue weighted by atomic mass is 16.3. The van der Waals surface area contributed by atoms with Gasteiger partial charge in [-0.25, -0.2) is 9.97 Å². The van der Waals surface area contributed by atoms with Crippen LogP contribution in [0.4, 0.5) is 0 Å². The maximum atomic E-state index is 11.8. The van der Waals surface area contributed by atoms with Crippen LogP contribution in [0.3, 0.4) is 0 Å². The molecule has 1 fully saturated rings. The van der Waals surface area contributed by atoms with Crippen molar-refractivity contribution >= 4 is 0 Å². The minimum atomic E-state index is -1.10. The molecule has 6 aromatic rings. The molecule has 0 saturated heterocycles. The molecule has 0 amide bonds. The average Bonchev–Trinajstić information content (AvgIpc) is 3.09. The van der Waals surface area contributed by atoms with E-state index in [0.717, 1.165) is 56.9 Å². The molecule has 0 radical (unpaired) electrons. The number of aromatic nitrogens is 6. The molecule has 0 spiro atoms. The van der Waals surface area contributed by atoms with E-state index in [2.05, 4.69) is 9.97 Å². The zero-order chi connectivity index (χ0) is 31.4. The van der Waals surface area contributed by atoms with Crippen LogP contribution in [-0.4, -0.2) is 51.3 Å². The van der Waals surface area contributed by atoms with E-state index in [1.165, 1.54) is 0 Å². The summed E-state index contributed by atoms with van der Waals surface area (Å²) in [5.74, 6) is 0. The van der Waals surface area contributed by atoms with Crippen LogP contribution in [0.1, 0.15) is 37.1 Å². The molecule has 1 aliphatic rings. The Morgan fingerprint density at radius 3 is 1.22 bits per heavy atom. The summed E-state index contributed by atoms with van der Waals surface area (Å²) in [6.45, 7) is 0. The SMILES string of the molecule is OC1(Cc2cccc(-c3cccc(-c4ccccn4)n3)n2)CCCC(O)(Cc2cccc(-c3cccc(-c4ccccn4)n3)n2)C1. The van der Waals surface area contributed by atoms with Gasteiger partial charge in [0, 0.05) is 43.0 Å².